The lowest BCUT2D eigenvalue weighted by molar-refractivity contribution is -0.137. The van der Waals surface area contributed by atoms with Gasteiger partial charge >= 0.3 is 6.18 Å². The van der Waals surface area contributed by atoms with E-state index in [4.69, 9.17) is 9.15 Å². The third kappa shape index (κ3) is 3.77. The molecule has 0 spiro atoms. The first-order valence-electron chi connectivity index (χ1n) is 9.51. The third-order valence-electron chi connectivity index (χ3n) is 4.88. The van der Waals surface area contributed by atoms with E-state index in [-0.39, 0.29) is 5.88 Å². The topological polar surface area (TPSA) is 73.1 Å². The minimum atomic E-state index is -4.44. The van der Waals surface area contributed by atoms with Crippen LogP contribution in [0.25, 0.3) is 22.6 Å². The Morgan fingerprint density at radius 2 is 1.84 bits per heavy atom. The number of hydrogen-bond acceptors (Lipinski definition) is 7. The number of hydrogen-bond donors (Lipinski definition) is 1. The molecule has 0 unspecified atom stereocenters. The van der Waals surface area contributed by atoms with E-state index in [9.17, 15) is 13.2 Å². The molecule has 3 heterocycles. The number of aromatic nitrogens is 3. The molecule has 4 aromatic rings. The molecule has 32 heavy (non-hydrogen) atoms. The zero-order chi connectivity index (χ0) is 22.3. The fraction of sp³-hybridized carbons (Fsp3) is 0.136. The summed E-state index contributed by atoms with van der Waals surface area (Å²) in [4.78, 5) is 4.43. The first-order chi connectivity index (χ1) is 15.4. The zero-order valence-corrected chi connectivity index (χ0v) is 17.4. The smallest absolute Gasteiger partial charge is 0.416 e. The molecular weight excluding hydrogens is 441 g/mol. The van der Waals surface area contributed by atoms with Gasteiger partial charge in [-0.1, -0.05) is 42.1 Å². The molecular formula is C22H15F3N4O2S. The minimum absolute atomic E-state index is 0.281. The first-order valence-corrected chi connectivity index (χ1v) is 10.7. The molecule has 0 aliphatic carbocycles. The van der Waals surface area contributed by atoms with Gasteiger partial charge in [-0.05, 0) is 36.6 Å². The van der Waals surface area contributed by atoms with Crippen LogP contribution in [0.2, 0.25) is 0 Å². The molecule has 6 nitrogen and oxygen atoms in total. The van der Waals surface area contributed by atoms with Crippen molar-refractivity contribution in [2.24, 2.45) is 0 Å². The molecule has 2 aromatic carbocycles. The monoisotopic (exact) mass is 456 g/mol. The number of rotatable bonds is 3. The van der Waals surface area contributed by atoms with Crippen molar-refractivity contribution in [2.45, 2.75) is 17.6 Å². The van der Waals surface area contributed by atoms with Crippen molar-refractivity contribution in [3.63, 3.8) is 0 Å². The van der Waals surface area contributed by atoms with Gasteiger partial charge in [-0.25, -0.2) is 0 Å². The van der Waals surface area contributed by atoms with Gasteiger partial charge in [0.05, 0.1) is 5.56 Å². The fourth-order valence-corrected chi connectivity index (χ4v) is 3.66. The molecule has 1 N–H and O–H groups in total. The summed E-state index contributed by atoms with van der Waals surface area (Å²) >= 11 is 1.33. The summed E-state index contributed by atoms with van der Waals surface area (Å²) in [6, 6.07) is 15.7. The molecule has 0 fully saturated rings. The van der Waals surface area contributed by atoms with Crippen LogP contribution in [0.1, 0.15) is 17.6 Å². The average Bonchev–Trinajstić information content (AvgIpc) is 3.23. The van der Waals surface area contributed by atoms with Gasteiger partial charge in [-0.2, -0.15) is 18.2 Å². The quantitative estimate of drug-likeness (QED) is 0.377. The lowest BCUT2D eigenvalue weighted by Gasteiger charge is -2.16. The molecule has 0 amide bonds. The van der Waals surface area contributed by atoms with Crippen LogP contribution in [-0.2, 0) is 6.18 Å². The molecule has 0 bridgehead atoms. The lowest BCUT2D eigenvalue weighted by Crippen LogP contribution is -2.16. The van der Waals surface area contributed by atoms with Gasteiger partial charge in [-0.3, -0.25) is 0 Å². The fourth-order valence-electron chi connectivity index (χ4n) is 3.36. The first kappa shape index (κ1) is 20.4. The summed E-state index contributed by atoms with van der Waals surface area (Å²) in [5.74, 6) is 0.952. The van der Waals surface area contributed by atoms with Gasteiger partial charge in [0.1, 0.15) is 5.76 Å². The van der Waals surface area contributed by atoms with E-state index in [0.717, 1.165) is 23.4 Å². The standard InChI is InChI=1S/C22H15F3N4O2S/c1-32-21-27-20-18(28-29-21)14-7-2-3-8-15(14)26-19(31-20)17-10-9-16(30-17)12-5-4-6-13(11-12)22(23,24)25/h2-11,19,26H,1H3/t19-/m0/s1. The van der Waals surface area contributed by atoms with E-state index in [1.807, 2.05) is 30.5 Å². The lowest BCUT2D eigenvalue weighted by atomic mass is 10.1. The molecule has 10 heteroatoms. The molecule has 0 radical (unpaired) electrons. The Hall–Kier alpha value is -3.53. The molecule has 162 valence electrons. The number of nitrogens with one attached hydrogen (secondary N) is 1. The highest BCUT2D eigenvalue weighted by Gasteiger charge is 2.31. The van der Waals surface area contributed by atoms with Crippen LogP contribution in [0.3, 0.4) is 0 Å². The Kier molecular flexibility index (Phi) is 5.01. The highest BCUT2D eigenvalue weighted by atomic mass is 32.2. The van der Waals surface area contributed by atoms with Gasteiger partial charge in [0.15, 0.2) is 11.5 Å². The molecule has 0 saturated heterocycles. The summed E-state index contributed by atoms with van der Waals surface area (Å²) < 4.78 is 51.2. The van der Waals surface area contributed by atoms with E-state index in [1.165, 1.54) is 17.8 Å². The predicted molar refractivity (Wildman–Crippen MR) is 113 cm³/mol. The van der Waals surface area contributed by atoms with Gasteiger partial charge in [0.25, 0.3) is 0 Å². The van der Waals surface area contributed by atoms with Crippen LogP contribution in [0.4, 0.5) is 18.9 Å². The van der Waals surface area contributed by atoms with Crippen molar-refractivity contribution in [1.82, 2.24) is 15.2 Å². The van der Waals surface area contributed by atoms with Crippen molar-refractivity contribution in [1.29, 1.82) is 0 Å². The Bertz CT molecular complexity index is 1290. The van der Waals surface area contributed by atoms with Gasteiger partial charge in [0, 0.05) is 16.8 Å². The van der Waals surface area contributed by atoms with Gasteiger partial charge in [0.2, 0.25) is 17.3 Å². The summed E-state index contributed by atoms with van der Waals surface area (Å²) in [7, 11) is 0. The van der Waals surface area contributed by atoms with Crippen molar-refractivity contribution < 1.29 is 22.3 Å². The van der Waals surface area contributed by atoms with Crippen molar-refractivity contribution in [3.05, 3.63) is 72.0 Å². The predicted octanol–water partition coefficient (Wildman–Crippen LogP) is 6.04. The SMILES string of the molecule is CSc1nnc2c(n1)O[C@@H](c1ccc(-c3cccc(C(F)(F)F)c3)o1)Nc1ccccc1-2. The maximum absolute atomic E-state index is 13.1. The molecule has 5 rings (SSSR count). The molecule has 1 aliphatic rings. The van der Waals surface area contributed by atoms with Gasteiger partial charge in [-0.15, -0.1) is 10.2 Å². The number of fused-ring (bicyclic) bond motifs is 3. The second-order valence-corrected chi connectivity index (χ2v) is 7.69. The van der Waals surface area contributed by atoms with E-state index in [2.05, 4.69) is 20.5 Å². The van der Waals surface area contributed by atoms with Crippen LogP contribution in [-0.4, -0.2) is 21.4 Å². The number of thioether (sulfide) groups is 1. The Labute approximate surface area is 184 Å². The number of nitrogens with zero attached hydrogens (tertiary/aromatic N) is 3. The molecule has 1 aliphatic heterocycles. The number of halogens is 3. The summed E-state index contributed by atoms with van der Waals surface area (Å²) in [5.41, 5.74) is 1.56. The van der Waals surface area contributed by atoms with Crippen LogP contribution in [0, 0.1) is 0 Å². The van der Waals surface area contributed by atoms with Crippen LogP contribution in [0.15, 0.2) is 70.2 Å². The Morgan fingerprint density at radius 1 is 1.00 bits per heavy atom. The van der Waals surface area contributed by atoms with E-state index < -0.39 is 18.0 Å². The summed E-state index contributed by atoms with van der Waals surface area (Å²) in [6.07, 6.45) is -3.38. The number of alkyl halides is 3. The van der Waals surface area contributed by atoms with E-state index in [1.54, 1.807) is 18.2 Å². The Morgan fingerprint density at radius 3 is 2.66 bits per heavy atom. The van der Waals surface area contributed by atoms with Crippen LogP contribution in [0.5, 0.6) is 5.88 Å². The average molecular weight is 456 g/mol. The Balaban J connectivity index is 1.53. The number of anilines is 1. The van der Waals surface area contributed by atoms with Crippen molar-refractivity contribution in [2.75, 3.05) is 11.6 Å². The maximum atomic E-state index is 13.1. The highest BCUT2D eigenvalue weighted by Crippen LogP contribution is 2.40. The minimum Gasteiger partial charge on any atom is -0.455 e. The van der Waals surface area contributed by atoms with Crippen molar-refractivity contribution in [3.8, 4) is 28.5 Å². The van der Waals surface area contributed by atoms with Crippen LogP contribution < -0.4 is 10.1 Å². The van der Waals surface area contributed by atoms with Gasteiger partial charge < -0.3 is 14.5 Å². The highest BCUT2D eigenvalue weighted by molar-refractivity contribution is 7.98. The number of ether oxygens (including phenoxy) is 1. The third-order valence-corrected chi connectivity index (χ3v) is 5.41. The van der Waals surface area contributed by atoms with E-state index >= 15 is 0 Å². The molecule has 2 aromatic heterocycles. The zero-order valence-electron chi connectivity index (χ0n) is 16.6. The van der Waals surface area contributed by atoms with Crippen LogP contribution >= 0.6 is 11.8 Å². The molecule has 0 saturated carbocycles. The summed E-state index contributed by atoms with van der Waals surface area (Å²) in [6.45, 7) is 0. The largest absolute Gasteiger partial charge is 0.455 e. The second-order valence-electron chi connectivity index (χ2n) is 6.92. The molecule has 1 atom stereocenters. The maximum Gasteiger partial charge on any atom is 0.416 e. The second kappa shape index (κ2) is 7.86. The normalized spacial score (nSPS) is 15.2. The van der Waals surface area contributed by atoms with Crippen molar-refractivity contribution >= 4 is 17.4 Å². The number of para-hydroxylation sites is 1. The number of benzene rings is 2. The summed E-state index contributed by atoms with van der Waals surface area (Å²) in [5, 5.41) is 12.1. The number of furan rings is 1. The van der Waals surface area contributed by atoms with E-state index in [0.29, 0.717) is 27.9 Å².